The van der Waals surface area contributed by atoms with Gasteiger partial charge in [-0.2, -0.15) is 0 Å². The summed E-state index contributed by atoms with van der Waals surface area (Å²) in [6, 6.07) is 19.2. The SMILES string of the molecule is COc1cc(C2CN(c3ccccn3)CCN2C=O)c(N)cc1OCc1ccccc1. The first kappa shape index (κ1) is 20.5. The molecule has 0 spiro atoms. The third kappa shape index (κ3) is 4.55. The number of hydrogen-bond acceptors (Lipinski definition) is 6. The van der Waals surface area contributed by atoms with E-state index in [1.807, 2.05) is 54.6 Å². The highest BCUT2D eigenvalue weighted by atomic mass is 16.5. The molecule has 0 saturated carbocycles. The Balaban J connectivity index is 1.60. The number of nitrogens with two attached hydrogens (primary N) is 1. The quantitative estimate of drug-likeness (QED) is 0.469. The zero-order valence-corrected chi connectivity index (χ0v) is 17.5. The summed E-state index contributed by atoms with van der Waals surface area (Å²) in [5.74, 6) is 2.04. The van der Waals surface area contributed by atoms with Crippen LogP contribution in [0.25, 0.3) is 0 Å². The second kappa shape index (κ2) is 9.38. The van der Waals surface area contributed by atoms with Gasteiger partial charge in [0.2, 0.25) is 6.41 Å². The molecule has 4 rings (SSSR count). The van der Waals surface area contributed by atoms with Crippen molar-refractivity contribution in [2.75, 3.05) is 37.4 Å². The van der Waals surface area contributed by atoms with Crippen LogP contribution in [0, 0.1) is 0 Å². The Kier molecular flexibility index (Phi) is 6.21. The molecule has 160 valence electrons. The van der Waals surface area contributed by atoms with Crippen molar-refractivity contribution >= 4 is 17.9 Å². The maximum absolute atomic E-state index is 11.8. The number of methoxy groups -OCH3 is 1. The number of amides is 1. The van der Waals surface area contributed by atoms with Gasteiger partial charge in [0.25, 0.3) is 0 Å². The van der Waals surface area contributed by atoms with Crippen molar-refractivity contribution in [2.24, 2.45) is 0 Å². The van der Waals surface area contributed by atoms with Gasteiger partial charge in [-0.1, -0.05) is 36.4 Å². The highest BCUT2D eigenvalue weighted by Crippen LogP contribution is 2.38. The average molecular weight is 418 g/mol. The maximum Gasteiger partial charge on any atom is 0.210 e. The molecule has 0 bridgehead atoms. The first-order valence-electron chi connectivity index (χ1n) is 10.2. The molecule has 3 aromatic rings. The summed E-state index contributed by atoms with van der Waals surface area (Å²) in [4.78, 5) is 20.2. The minimum absolute atomic E-state index is 0.217. The average Bonchev–Trinajstić information content (AvgIpc) is 2.83. The van der Waals surface area contributed by atoms with Gasteiger partial charge in [-0.05, 0) is 23.8 Å². The van der Waals surface area contributed by atoms with E-state index in [1.165, 1.54) is 0 Å². The molecule has 1 amide bonds. The van der Waals surface area contributed by atoms with Crippen molar-refractivity contribution in [1.29, 1.82) is 0 Å². The zero-order valence-electron chi connectivity index (χ0n) is 17.5. The second-order valence-electron chi connectivity index (χ2n) is 7.40. The first-order chi connectivity index (χ1) is 15.2. The smallest absolute Gasteiger partial charge is 0.210 e. The Bertz CT molecular complexity index is 1010. The third-order valence-electron chi connectivity index (χ3n) is 5.50. The van der Waals surface area contributed by atoms with Crippen LogP contribution in [0.5, 0.6) is 11.5 Å². The van der Waals surface area contributed by atoms with Gasteiger partial charge in [0.1, 0.15) is 12.4 Å². The summed E-state index contributed by atoms with van der Waals surface area (Å²) in [7, 11) is 1.60. The number of anilines is 2. The fourth-order valence-electron chi connectivity index (χ4n) is 3.84. The first-order valence-corrected chi connectivity index (χ1v) is 10.2. The monoisotopic (exact) mass is 418 g/mol. The van der Waals surface area contributed by atoms with Gasteiger partial charge in [-0.25, -0.2) is 4.98 Å². The number of carbonyl (C=O) groups excluding carboxylic acids is 1. The van der Waals surface area contributed by atoms with Gasteiger partial charge in [-0.3, -0.25) is 4.79 Å². The van der Waals surface area contributed by atoms with Gasteiger partial charge in [0.05, 0.1) is 13.2 Å². The number of benzene rings is 2. The molecule has 0 aliphatic carbocycles. The second-order valence-corrected chi connectivity index (χ2v) is 7.40. The summed E-state index contributed by atoms with van der Waals surface area (Å²) in [6.45, 7) is 2.29. The number of piperazine rings is 1. The number of rotatable bonds is 7. The van der Waals surface area contributed by atoms with Crippen LogP contribution in [0.15, 0.2) is 66.9 Å². The van der Waals surface area contributed by atoms with E-state index in [-0.39, 0.29) is 6.04 Å². The normalized spacial score (nSPS) is 16.1. The molecule has 7 nitrogen and oxygen atoms in total. The predicted molar refractivity (Wildman–Crippen MR) is 120 cm³/mol. The molecular weight excluding hydrogens is 392 g/mol. The maximum atomic E-state index is 11.8. The molecule has 1 saturated heterocycles. The molecule has 2 heterocycles. The third-order valence-corrected chi connectivity index (χ3v) is 5.50. The highest BCUT2D eigenvalue weighted by molar-refractivity contribution is 5.62. The van der Waals surface area contributed by atoms with Crippen molar-refractivity contribution < 1.29 is 14.3 Å². The van der Waals surface area contributed by atoms with Crippen molar-refractivity contribution in [1.82, 2.24) is 9.88 Å². The molecule has 31 heavy (non-hydrogen) atoms. The number of pyridine rings is 1. The Morgan fingerprint density at radius 3 is 2.61 bits per heavy atom. The summed E-state index contributed by atoms with van der Waals surface area (Å²) >= 11 is 0. The van der Waals surface area contributed by atoms with Gasteiger partial charge >= 0.3 is 0 Å². The van der Waals surface area contributed by atoms with Crippen LogP contribution < -0.4 is 20.1 Å². The minimum atomic E-state index is -0.217. The molecular formula is C24H26N4O3. The number of nitrogen functional groups attached to an aromatic ring is 1. The Hall–Kier alpha value is -3.74. The van der Waals surface area contributed by atoms with Gasteiger partial charge in [0, 0.05) is 43.1 Å². The Morgan fingerprint density at radius 1 is 1.10 bits per heavy atom. The Labute approximate surface area is 182 Å². The van der Waals surface area contributed by atoms with E-state index in [0.29, 0.717) is 43.4 Å². The molecule has 2 N–H and O–H groups in total. The van der Waals surface area contributed by atoms with E-state index in [4.69, 9.17) is 15.2 Å². The van der Waals surface area contributed by atoms with E-state index in [1.54, 1.807) is 24.3 Å². The number of aromatic nitrogens is 1. The fraction of sp³-hybridized carbons (Fsp3) is 0.250. The minimum Gasteiger partial charge on any atom is -0.493 e. The molecule has 7 heteroatoms. The van der Waals surface area contributed by atoms with Crippen LogP contribution in [0.4, 0.5) is 11.5 Å². The van der Waals surface area contributed by atoms with Crippen molar-refractivity contribution in [3.05, 3.63) is 78.0 Å². The number of hydrogen-bond donors (Lipinski definition) is 1. The summed E-state index contributed by atoms with van der Waals surface area (Å²) < 4.78 is 11.6. The van der Waals surface area contributed by atoms with E-state index in [0.717, 1.165) is 23.4 Å². The van der Waals surface area contributed by atoms with Crippen LogP contribution in [-0.2, 0) is 11.4 Å². The highest BCUT2D eigenvalue weighted by Gasteiger charge is 2.30. The van der Waals surface area contributed by atoms with E-state index >= 15 is 0 Å². The van der Waals surface area contributed by atoms with Gasteiger partial charge < -0.3 is 25.0 Å². The van der Waals surface area contributed by atoms with Crippen molar-refractivity contribution in [2.45, 2.75) is 12.6 Å². The van der Waals surface area contributed by atoms with Crippen LogP contribution in [-0.4, -0.2) is 43.0 Å². The van der Waals surface area contributed by atoms with Gasteiger partial charge in [-0.15, -0.1) is 0 Å². The zero-order chi connectivity index (χ0) is 21.6. The summed E-state index contributed by atoms with van der Waals surface area (Å²) in [5.41, 5.74) is 8.88. The molecule has 1 atom stereocenters. The molecule has 1 aliphatic rings. The number of nitrogens with zero attached hydrogens (tertiary/aromatic N) is 3. The molecule has 1 unspecified atom stereocenters. The molecule has 0 radical (unpaired) electrons. The van der Waals surface area contributed by atoms with E-state index in [2.05, 4.69) is 9.88 Å². The van der Waals surface area contributed by atoms with Crippen LogP contribution >= 0.6 is 0 Å². The lowest BCUT2D eigenvalue weighted by molar-refractivity contribution is -0.120. The van der Waals surface area contributed by atoms with Gasteiger partial charge in [0.15, 0.2) is 11.5 Å². The fourth-order valence-corrected chi connectivity index (χ4v) is 3.84. The number of ether oxygens (including phenoxy) is 2. The van der Waals surface area contributed by atoms with Crippen LogP contribution in [0.2, 0.25) is 0 Å². The Morgan fingerprint density at radius 2 is 1.90 bits per heavy atom. The lowest BCUT2D eigenvalue weighted by Gasteiger charge is -2.40. The number of carbonyl (C=O) groups is 1. The lowest BCUT2D eigenvalue weighted by atomic mass is 10.00. The predicted octanol–water partition coefficient (Wildman–Crippen LogP) is 3.27. The molecule has 1 aromatic heterocycles. The van der Waals surface area contributed by atoms with E-state index < -0.39 is 0 Å². The van der Waals surface area contributed by atoms with Crippen molar-refractivity contribution in [3.63, 3.8) is 0 Å². The molecule has 1 fully saturated rings. The molecule has 2 aromatic carbocycles. The lowest BCUT2D eigenvalue weighted by Crippen LogP contribution is -2.48. The summed E-state index contributed by atoms with van der Waals surface area (Å²) in [6.07, 6.45) is 2.65. The topological polar surface area (TPSA) is 80.9 Å². The largest absolute Gasteiger partial charge is 0.493 e. The molecule has 1 aliphatic heterocycles. The van der Waals surface area contributed by atoms with Crippen molar-refractivity contribution in [3.8, 4) is 11.5 Å². The van der Waals surface area contributed by atoms with Crippen LogP contribution in [0.3, 0.4) is 0 Å². The standard InChI is InChI=1S/C24H26N4O3/c1-30-22-13-19(20(25)14-23(22)31-16-18-7-3-2-4-8-18)21-15-27(11-12-28(21)17-29)24-9-5-6-10-26-24/h2-10,13-14,17,21H,11-12,15-16,25H2,1H3. The summed E-state index contributed by atoms with van der Waals surface area (Å²) in [5, 5.41) is 0. The van der Waals surface area contributed by atoms with E-state index in [9.17, 15) is 4.79 Å². The van der Waals surface area contributed by atoms with Crippen LogP contribution in [0.1, 0.15) is 17.2 Å².